The van der Waals surface area contributed by atoms with Crippen LogP contribution in [0.25, 0.3) is 0 Å². The van der Waals surface area contributed by atoms with Crippen molar-refractivity contribution in [2.45, 2.75) is 354 Å². The van der Waals surface area contributed by atoms with Gasteiger partial charge in [0, 0.05) is 19.3 Å². The van der Waals surface area contributed by atoms with Gasteiger partial charge in [-0.3, -0.25) is 14.4 Å². The van der Waals surface area contributed by atoms with Crippen LogP contribution in [0.2, 0.25) is 0 Å². The smallest absolute Gasteiger partial charge is 0.306 e. The number of hydrogen-bond donors (Lipinski definition) is 0. The molecule has 0 aromatic heterocycles. The first-order valence-corrected chi connectivity index (χ1v) is 34.6. The van der Waals surface area contributed by atoms with E-state index in [2.05, 4.69) is 106 Å². The highest BCUT2D eigenvalue weighted by Gasteiger charge is 2.19. The fourth-order valence-corrected chi connectivity index (χ4v) is 9.97. The molecule has 0 radical (unpaired) electrons. The lowest BCUT2D eigenvalue weighted by Crippen LogP contribution is -2.30. The summed E-state index contributed by atoms with van der Waals surface area (Å²) in [5, 5.41) is 0. The Labute approximate surface area is 496 Å². The number of esters is 3. The van der Waals surface area contributed by atoms with Gasteiger partial charge in [-0.05, 0) is 96.3 Å². The fraction of sp³-hybridized carbons (Fsp3) is 0.770. The Morgan fingerprint density at radius 3 is 0.787 bits per heavy atom. The van der Waals surface area contributed by atoms with Crippen molar-refractivity contribution in [2.75, 3.05) is 13.2 Å². The van der Waals surface area contributed by atoms with Gasteiger partial charge in [0.05, 0.1) is 0 Å². The first kappa shape index (κ1) is 76.6. The summed E-state index contributed by atoms with van der Waals surface area (Å²) in [4.78, 5) is 38.4. The van der Waals surface area contributed by atoms with E-state index in [-0.39, 0.29) is 31.1 Å². The van der Waals surface area contributed by atoms with E-state index in [4.69, 9.17) is 14.2 Å². The maximum absolute atomic E-state index is 12.9. The molecule has 0 saturated heterocycles. The first-order chi connectivity index (χ1) is 39.5. The Balaban J connectivity index is 4.30. The van der Waals surface area contributed by atoms with Crippen molar-refractivity contribution in [1.82, 2.24) is 0 Å². The van der Waals surface area contributed by atoms with Crippen LogP contribution in [0, 0.1) is 0 Å². The van der Waals surface area contributed by atoms with Gasteiger partial charge in [0.25, 0.3) is 0 Å². The lowest BCUT2D eigenvalue weighted by atomic mass is 10.0. The molecule has 0 rings (SSSR count). The number of carbonyl (C=O) groups is 3. The highest BCUT2D eigenvalue weighted by molar-refractivity contribution is 5.71. The molecule has 0 aliphatic rings. The molecule has 6 heteroatoms. The monoisotopic (exact) mass is 1110 g/mol. The van der Waals surface area contributed by atoms with Crippen molar-refractivity contribution in [3.05, 3.63) is 85.1 Å². The van der Waals surface area contributed by atoms with Gasteiger partial charge in [-0.15, -0.1) is 0 Å². The van der Waals surface area contributed by atoms with Crippen LogP contribution in [-0.4, -0.2) is 37.2 Å². The van der Waals surface area contributed by atoms with Gasteiger partial charge in [0.1, 0.15) is 13.2 Å². The predicted octanol–water partition coefficient (Wildman–Crippen LogP) is 23.8. The Kier molecular flexibility index (Phi) is 65.2. The summed E-state index contributed by atoms with van der Waals surface area (Å²) in [7, 11) is 0. The highest BCUT2D eigenvalue weighted by atomic mass is 16.6. The molecule has 0 aliphatic heterocycles. The van der Waals surface area contributed by atoms with E-state index in [0.717, 1.165) is 109 Å². The second-order valence-corrected chi connectivity index (χ2v) is 23.1. The van der Waals surface area contributed by atoms with Crippen molar-refractivity contribution >= 4 is 17.9 Å². The minimum absolute atomic E-state index is 0.0800. The van der Waals surface area contributed by atoms with E-state index in [0.29, 0.717) is 19.3 Å². The Bertz CT molecular complexity index is 1520. The average molecular weight is 1120 g/mol. The van der Waals surface area contributed by atoms with Crippen LogP contribution in [0.5, 0.6) is 0 Å². The zero-order chi connectivity index (χ0) is 57.8. The molecule has 0 amide bonds. The summed E-state index contributed by atoms with van der Waals surface area (Å²) in [5.74, 6) is -0.878. The van der Waals surface area contributed by atoms with Crippen LogP contribution in [0.1, 0.15) is 348 Å². The predicted molar refractivity (Wildman–Crippen MR) is 348 cm³/mol. The van der Waals surface area contributed by atoms with Crippen LogP contribution in [0.4, 0.5) is 0 Å². The molecule has 0 aliphatic carbocycles. The molecule has 0 fully saturated rings. The third-order valence-electron chi connectivity index (χ3n) is 15.1. The van der Waals surface area contributed by atoms with Gasteiger partial charge in [-0.2, -0.15) is 0 Å². The SMILES string of the molecule is CC/C=C\C/C=C\C/C=C\C/C=C\C/C=C\C/C=C\CCCCCCCCCCC(=O)OCC(COC(=O)CCCCCCC/C=C\CCCCCC)OC(=O)CCCCCCCCCCCCCCCCCCCCCCCC. The number of allylic oxidation sites excluding steroid dienone is 14. The topological polar surface area (TPSA) is 78.9 Å². The van der Waals surface area contributed by atoms with Crippen molar-refractivity contribution in [1.29, 1.82) is 0 Å². The van der Waals surface area contributed by atoms with Gasteiger partial charge in [0.2, 0.25) is 0 Å². The Hall–Kier alpha value is -3.41. The van der Waals surface area contributed by atoms with E-state index in [1.807, 2.05) is 0 Å². The van der Waals surface area contributed by atoms with Gasteiger partial charge in [0.15, 0.2) is 6.10 Å². The number of unbranched alkanes of at least 4 members (excludes halogenated alkanes) is 38. The van der Waals surface area contributed by atoms with E-state index < -0.39 is 6.10 Å². The number of rotatable bonds is 63. The molecule has 0 aromatic carbocycles. The van der Waals surface area contributed by atoms with E-state index in [1.54, 1.807) is 0 Å². The molecule has 0 spiro atoms. The number of carbonyl (C=O) groups excluding carboxylic acids is 3. The molecule has 6 nitrogen and oxygen atoms in total. The Morgan fingerprint density at radius 1 is 0.263 bits per heavy atom. The average Bonchev–Trinajstić information content (AvgIpc) is 3.46. The van der Waals surface area contributed by atoms with Crippen LogP contribution in [0.15, 0.2) is 85.1 Å². The molecule has 0 N–H and O–H groups in total. The highest BCUT2D eigenvalue weighted by Crippen LogP contribution is 2.18. The summed E-state index contributed by atoms with van der Waals surface area (Å²) in [5.41, 5.74) is 0. The van der Waals surface area contributed by atoms with E-state index in [9.17, 15) is 14.4 Å². The molecule has 0 aromatic rings. The summed E-state index contributed by atoms with van der Waals surface area (Å²) in [6.45, 7) is 6.55. The minimum atomic E-state index is -0.783. The van der Waals surface area contributed by atoms with Crippen LogP contribution < -0.4 is 0 Å². The number of ether oxygens (including phenoxy) is 3. The zero-order valence-electron chi connectivity index (χ0n) is 53.1. The van der Waals surface area contributed by atoms with Gasteiger partial charge in [-0.25, -0.2) is 0 Å². The van der Waals surface area contributed by atoms with Crippen molar-refractivity contribution in [3.63, 3.8) is 0 Å². The van der Waals surface area contributed by atoms with Crippen molar-refractivity contribution in [3.8, 4) is 0 Å². The van der Waals surface area contributed by atoms with Crippen LogP contribution >= 0.6 is 0 Å². The quantitative estimate of drug-likeness (QED) is 0.0261. The molecular formula is C74H130O6. The van der Waals surface area contributed by atoms with Crippen molar-refractivity contribution in [2.24, 2.45) is 0 Å². The Morgan fingerprint density at radius 2 is 0.487 bits per heavy atom. The summed E-state index contributed by atoms with van der Waals surface area (Å²) in [6.07, 6.45) is 90.3. The van der Waals surface area contributed by atoms with Crippen molar-refractivity contribution < 1.29 is 28.6 Å². The van der Waals surface area contributed by atoms with Gasteiger partial charge < -0.3 is 14.2 Å². The first-order valence-electron chi connectivity index (χ1n) is 34.6. The summed E-state index contributed by atoms with van der Waals surface area (Å²) < 4.78 is 17.0. The van der Waals surface area contributed by atoms with E-state index >= 15 is 0 Å². The largest absolute Gasteiger partial charge is 0.462 e. The minimum Gasteiger partial charge on any atom is -0.462 e. The second-order valence-electron chi connectivity index (χ2n) is 23.1. The molecule has 0 heterocycles. The third kappa shape index (κ3) is 65.4. The second kappa shape index (κ2) is 68.1. The normalized spacial score (nSPS) is 12.6. The van der Waals surface area contributed by atoms with Gasteiger partial charge in [-0.1, -0.05) is 318 Å². The van der Waals surface area contributed by atoms with E-state index in [1.165, 1.54) is 199 Å². The molecule has 0 bridgehead atoms. The molecule has 1 unspecified atom stereocenters. The lowest BCUT2D eigenvalue weighted by molar-refractivity contribution is -0.167. The standard InChI is InChI=1S/C74H130O6/c1-4-7-10-13-16-19-22-25-27-29-31-33-35-36-37-38-39-41-42-44-46-49-52-55-58-61-64-67-73(76)79-70-71(69-78-72(75)66-63-60-57-54-51-48-24-21-18-15-12-9-6-3)80-74(77)68-65-62-59-56-53-50-47-45-43-40-34-32-30-28-26-23-20-17-14-11-8-5-2/h7,10,16,19,21,24-25,27,31,33,36-37,39,41,71H,4-6,8-9,11-15,17-18,20,22-23,26,28-30,32,34-35,38,40,42-70H2,1-3H3/b10-7-,19-16-,24-21-,27-25-,33-31-,37-36-,41-39-. The zero-order valence-corrected chi connectivity index (χ0v) is 53.1. The summed E-state index contributed by atoms with van der Waals surface area (Å²) in [6, 6.07) is 0. The van der Waals surface area contributed by atoms with Crippen LogP contribution in [0.3, 0.4) is 0 Å². The molecule has 1 atom stereocenters. The van der Waals surface area contributed by atoms with Crippen LogP contribution in [-0.2, 0) is 28.6 Å². The molecule has 0 saturated carbocycles. The molecular weight excluding hydrogens is 985 g/mol. The maximum atomic E-state index is 12.9. The molecule has 80 heavy (non-hydrogen) atoms. The summed E-state index contributed by atoms with van der Waals surface area (Å²) >= 11 is 0. The fourth-order valence-electron chi connectivity index (χ4n) is 9.97. The molecule has 462 valence electrons. The third-order valence-corrected chi connectivity index (χ3v) is 15.1. The van der Waals surface area contributed by atoms with Gasteiger partial charge >= 0.3 is 17.9 Å². The number of hydrogen-bond acceptors (Lipinski definition) is 6. The lowest BCUT2D eigenvalue weighted by Gasteiger charge is -2.18. The maximum Gasteiger partial charge on any atom is 0.306 e.